The summed E-state index contributed by atoms with van der Waals surface area (Å²) in [7, 11) is 0. The van der Waals surface area contributed by atoms with Gasteiger partial charge < -0.3 is 29.4 Å². The quantitative estimate of drug-likeness (QED) is 0.216. The average molecular weight is 429 g/mol. The molecule has 0 bridgehead atoms. The Bertz CT molecular complexity index is 370. The molecule has 0 saturated heterocycles. The molecule has 0 fully saturated rings. The minimum atomic E-state index is -3.81. The Morgan fingerprint density at radius 2 is 1.37 bits per heavy atom. The second-order valence-corrected chi connectivity index (χ2v) is 7.76. The largest absolute Gasteiger partial charge is 0.325 e. The van der Waals surface area contributed by atoms with Crippen LogP contribution in [0.15, 0.2) is 24.3 Å². The van der Waals surface area contributed by atoms with Gasteiger partial charge >= 0.3 is 13.4 Å². The van der Waals surface area contributed by atoms with Crippen LogP contribution in [-0.4, -0.2) is 29.4 Å². The number of aryl methyl sites for hydroxylation is 1. The summed E-state index contributed by atoms with van der Waals surface area (Å²) in [6, 6.07) is 11.2. The molecule has 0 radical (unpaired) electrons. The van der Waals surface area contributed by atoms with Crippen LogP contribution in [0.4, 0.5) is 0 Å². The monoisotopic (exact) mass is 431 g/mol. The van der Waals surface area contributed by atoms with E-state index in [9.17, 15) is 0 Å². The van der Waals surface area contributed by atoms with E-state index >= 15 is 0 Å². The van der Waals surface area contributed by atoms with E-state index < -0.39 is 13.4 Å². The van der Waals surface area contributed by atoms with E-state index in [4.69, 9.17) is 29.4 Å². The van der Waals surface area contributed by atoms with Crippen LogP contribution in [0, 0.1) is 6.07 Å². The Morgan fingerprint density at radius 1 is 1.00 bits per heavy atom. The van der Waals surface area contributed by atoms with Crippen molar-refractivity contribution in [3.05, 3.63) is 35.9 Å². The fourth-order valence-corrected chi connectivity index (χ4v) is 0.650. The molecule has 0 aromatic heterocycles. The van der Waals surface area contributed by atoms with Gasteiger partial charge in [-0.2, -0.15) is 35.9 Å². The van der Waals surface area contributed by atoms with Crippen molar-refractivity contribution >= 4 is 37.1 Å². The van der Waals surface area contributed by atoms with Crippen LogP contribution in [0.2, 0.25) is 0 Å². The summed E-state index contributed by atoms with van der Waals surface area (Å²) in [5.74, 6) is 0. The van der Waals surface area contributed by atoms with E-state index in [0.717, 1.165) is 6.42 Å². The molecule has 1 aromatic rings. The summed E-state index contributed by atoms with van der Waals surface area (Å²) in [6.45, 7) is -5.48. The van der Waals surface area contributed by atoms with Gasteiger partial charge in [0.1, 0.15) is 0 Å². The van der Waals surface area contributed by atoms with Crippen molar-refractivity contribution < 1.29 is 50.4 Å². The molecule has 0 aliphatic carbocycles. The number of rotatable bonds is 1. The molecule has 19 heavy (non-hydrogen) atoms. The van der Waals surface area contributed by atoms with Gasteiger partial charge in [-0.15, -0.1) is 0 Å². The average Bonchev–Trinajstić information content (AvgIpc) is 2.14. The van der Waals surface area contributed by atoms with Crippen molar-refractivity contribution in [2.45, 2.75) is 13.3 Å². The van der Waals surface area contributed by atoms with E-state index in [1.54, 1.807) is 0 Å². The molecule has 0 spiro atoms. The maximum Gasteiger partial charge on any atom is 0.319 e. The Kier molecular flexibility index (Phi) is 16.7. The van der Waals surface area contributed by atoms with Crippen LogP contribution in [0.1, 0.15) is 12.5 Å². The van der Waals surface area contributed by atoms with Gasteiger partial charge in [-0.3, -0.25) is 0 Å². The van der Waals surface area contributed by atoms with Gasteiger partial charge in [0.2, 0.25) is 0 Å². The maximum atomic E-state index is 7.56. The normalized spacial score (nSPS) is 10.1. The second-order valence-electron chi connectivity index (χ2n) is 2.77. The first kappa shape index (κ1) is 25.0. The minimum Gasteiger partial charge on any atom is -0.325 e. The molecule has 0 atom stereocenters. The molecule has 6 N–H and O–H groups in total. The van der Waals surface area contributed by atoms with Crippen molar-refractivity contribution in [1.29, 1.82) is 0 Å². The number of hydrogen-bond donors (Lipinski definition) is 6. The Balaban J connectivity index is -0.000000208. The summed E-state index contributed by atoms with van der Waals surface area (Å²) in [5, 5.41) is 0. The predicted octanol–water partition coefficient (Wildman–Crippen LogP) is 0.422. The van der Waals surface area contributed by atoms with Crippen molar-refractivity contribution in [1.82, 2.24) is 0 Å². The fraction of sp³-hybridized carbons (Fsp3) is 0.250. The van der Waals surface area contributed by atoms with Gasteiger partial charge in [-0.05, 0) is 23.6 Å². The molecular weight excluding hydrogens is 414 g/mol. The molecule has 1 rings (SSSR count). The summed E-state index contributed by atoms with van der Waals surface area (Å²) in [6.07, 6.45) is 1.08. The first-order chi connectivity index (χ1) is 7.93. The van der Waals surface area contributed by atoms with Crippen molar-refractivity contribution in [2.75, 3.05) is 0 Å². The van der Waals surface area contributed by atoms with Gasteiger partial charge in [0.05, 0.1) is 0 Å². The molecule has 0 amide bonds. The third-order valence-electron chi connectivity index (χ3n) is 1.15. The smallest absolute Gasteiger partial charge is 0.319 e. The van der Waals surface area contributed by atoms with Gasteiger partial charge in [0.15, 0.2) is 0 Å². The summed E-state index contributed by atoms with van der Waals surface area (Å²) in [4.78, 5) is 45.3. The van der Waals surface area contributed by atoms with E-state index in [-0.39, 0.29) is 21.1 Å². The van der Waals surface area contributed by atoms with Crippen molar-refractivity contribution in [3.8, 4) is 0 Å². The SMILES string of the molecule is CCc1[c-]cccc1.OP(O)(O)=S.OP(O)(O)=S.[Mo]. The van der Waals surface area contributed by atoms with Crippen molar-refractivity contribution in [2.24, 2.45) is 0 Å². The third kappa shape index (κ3) is 45.4. The molecule has 6 nitrogen and oxygen atoms in total. The molecule has 112 valence electrons. The zero-order chi connectivity index (χ0) is 14.8. The zero-order valence-electron chi connectivity index (χ0n) is 9.82. The van der Waals surface area contributed by atoms with E-state index in [0.29, 0.717) is 0 Å². The van der Waals surface area contributed by atoms with Crippen LogP contribution in [0.3, 0.4) is 0 Å². The predicted molar refractivity (Wildman–Crippen MR) is 76.5 cm³/mol. The van der Waals surface area contributed by atoms with Crippen LogP contribution in [-0.2, 0) is 51.1 Å². The van der Waals surface area contributed by atoms with Crippen LogP contribution in [0.25, 0.3) is 0 Å². The summed E-state index contributed by atoms with van der Waals surface area (Å²) in [5.41, 5.74) is 1.28. The van der Waals surface area contributed by atoms with Crippen LogP contribution < -0.4 is 0 Å². The Hall–Kier alpha value is 0.968. The van der Waals surface area contributed by atoms with Gasteiger partial charge in [-0.25, -0.2) is 0 Å². The molecule has 0 saturated carbocycles. The molecule has 1 aromatic carbocycles. The number of hydrogen-bond acceptors (Lipinski definition) is 2. The minimum absolute atomic E-state index is 0. The standard InChI is InChI=1S/C8H9.Mo.2H3O3PS/c1-2-8-6-4-3-5-7-8;;2*1-4(2,3)5/h3-6H,2H2,1H3;;2*(H3,1,2,3,5)/q-1;;;. The van der Waals surface area contributed by atoms with Crippen molar-refractivity contribution in [3.63, 3.8) is 0 Å². The molecule has 0 aliphatic rings. The molecule has 0 heterocycles. The van der Waals surface area contributed by atoms with E-state index in [1.807, 2.05) is 18.2 Å². The first-order valence-corrected chi connectivity index (χ1v) is 9.77. The Morgan fingerprint density at radius 3 is 1.53 bits per heavy atom. The van der Waals surface area contributed by atoms with Crippen LogP contribution >= 0.6 is 13.4 Å². The van der Waals surface area contributed by atoms with Gasteiger partial charge in [0.25, 0.3) is 0 Å². The molecule has 0 unspecified atom stereocenters. The fourth-order valence-electron chi connectivity index (χ4n) is 0.650. The van der Waals surface area contributed by atoms with E-state index in [1.165, 1.54) is 5.56 Å². The topological polar surface area (TPSA) is 121 Å². The van der Waals surface area contributed by atoms with Crippen LogP contribution in [0.5, 0.6) is 0 Å². The first-order valence-electron chi connectivity index (χ1n) is 4.45. The number of benzene rings is 1. The molecule has 11 heteroatoms. The van der Waals surface area contributed by atoms with Gasteiger partial charge in [0, 0.05) is 21.1 Å². The zero-order valence-corrected chi connectivity index (χ0v) is 15.2. The third-order valence-corrected chi connectivity index (χ3v) is 1.15. The summed E-state index contributed by atoms with van der Waals surface area (Å²) < 4.78 is 0. The molecule has 0 aliphatic heterocycles. The van der Waals surface area contributed by atoms with E-state index in [2.05, 4.69) is 42.7 Å². The molecular formula is C8H15MoO6P2S2-. The second kappa shape index (κ2) is 12.7. The summed E-state index contributed by atoms with van der Waals surface area (Å²) >= 11 is 7.21. The Labute approximate surface area is 136 Å². The van der Waals surface area contributed by atoms with Gasteiger partial charge in [-0.1, -0.05) is 13.3 Å². The maximum absolute atomic E-state index is 7.56.